The largest absolute Gasteiger partial charge is 0.453 e. The molecule has 0 unspecified atom stereocenters. The molecule has 1 saturated heterocycles. The van der Waals surface area contributed by atoms with Gasteiger partial charge in [0.1, 0.15) is 11.4 Å². The molecule has 2 fully saturated rings. The van der Waals surface area contributed by atoms with E-state index in [0.717, 1.165) is 12.1 Å². The Morgan fingerprint density at radius 3 is 2.41 bits per heavy atom. The smallest absolute Gasteiger partial charge is 0.419 e. The van der Waals surface area contributed by atoms with Gasteiger partial charge in [-0.1, -0.05) is 6.07 Å². The number of hydrogen-bond acceptors (Lipinski definition) is 4. The number of alkyl halides is 3. The van der Waals surface area contributed by atoms with Crippen molar-refractivity contribution in [1.82, 2.24) is 9.80 Å². The second kappa shape index (κ2) is 8.44. The van der Waals surface area contributed by atoms with Gasteiger partial charge < -0.3 is 14.4 Å². The van der Waals surface area contributed by atoms with E-state index in [-0.39, 0.29) is 18.2 Å². The van der Waals surface area contributed by atoms with Crippen LogP contribution in [0.2, 0.25) is 0 Å². The van der Waals surface area contributed by atoms with E-state index in [9.17, 15) is 27.2 Å². The van der Waals surface area contributed by atoms with Crippen LogP contribution in [0.15, 0.2) is 18.2 Å². The molecule has 1 aliphatic heterocycles. The Kier molecular flexibility index (Phi) is 6.36. The zero-order chi connectivity index (χ0) is 23.9. The van der Waals surface area contributed by atoms with Gasteiger partial charge in [-0.3, -0.25) is 4.90 Å². The van der Waals surface area contributed by atoms with Crippen molar-refractivity contribution in [2.45, 2.75) is 69.8 Å². The molecule has 6 nitrogen and oxygen atoms in total. The van der Waals surface area contributed by atoms with Crippen molar-refractivity contribution in [3.05, 3.63) is 35.1 Å². The van der Waals surface area contributed by atoms with Crippen molar-refractivity contribution < 1.29 is 36.6 Å². The van der Waals surface area contributed by atoms with Gasteiger partial charge in [0, 0.05) is 13.1 Å². The molecule has 1 aliphatic carbocycles. The fourth-order valence-electron chi connectivity index (χ4n) is 4.20. The number of halogens is 4. The Bertz CT molecular complexity index is 878. The summed E-state index contributed by atoms with van der Waals surface area (Å²) >= 11 is 0. The zero-order valence-electron chi connectivity index (χ0n) is 18.6. The number of likely N-dealkylation sites (tertiary alicyclic amines) is 1. The molecule has 1 heterocycles. The van der Waals surface area contributed by atoms with Crippen LogP contribution in [-0.4, -0.2) is 53.8 Å². The van der Waals surface area contributed by atoms with E-state index in [1.54, 1.807) is 25.7 Å². The second-order valence-corrected chi connectivity index (χ2v) is 9.27. The lowest BCUT2D eigenvalue weighted by Gasteiger charge is -2.36. The number of hydrogen-bond donors (Lipinski definition) is 0. The van der Waals surface area contributed by atoms with Crippen molar-refractivity contribution in [3.8, 4) is 0 Å². The highest BCUT2D eigenvalue weighted by Gasteiger charge is 2.54. The minimum atomic E-state index is -4.86. The third-order valence-electron chi connectivity index (χ3n) is 5.84. The second-order valence-electron chi connectivity index (χ2n) is 9.27. The first-order valence-corrected chi connectivity index (χ1v) is 10.5. The summed E-state index contributed by atoms with van der Waals surface area (Å²) in [4.78, 5) is 28.2. The number of benzene rings is 1. The molecule has 1 saturated carbocycles. The van der Waals surface area contributed by atoms with Crippen LogP contribution >= 0.6 is 0 Å². The Hall–Kier alpha value is -2.52. The fraction of sp³-hybridized carbons (Fsp3) is 0.636. The molecule has 2 amide bonds. The van der Waals surface area contributed by atoms with Crippen molar-refractivity contribution in [2.75, 3.05) is 20.2 Å². The highest BCUT2D eigenvalue weighted by atomic mass is 19.4. The van der Waals surface area contributed by atoms with Crippen molar-refractivity contribution in [1.29, 1.82) is 0 Å². The standard InChI is InChI=1S/C22H28F4N2O4/c1-20(2,3)32-18(29)27-11-5-6-15(27)13-28(19(30)31-4)21(9-10-21)14-7-8-17(23)16(12-14)22(24,25)26/h7-8,12,15H,5-6,9-11,13H2,1-4H3/t15-/m0/s1. The van der Waals surface area contributed by atoms with Gasteiger partial charge in [0.2, 0.25) is 0 Å². The van der Waals surface area contributed by atoms with Crippen LogP contribution in [0.1, 0.15) is 57.6 Å². The minimum Gasteiger partial charge on any atom is -0.453 e. The highest BCUT2D eigenvalue weighted by molar-refractivity contribution is 5.71. The Labute approximate surface area is 184 Å². The Balaban J connectivity index is 1.89. The molecule has 178 valence electrons. The maximum absolute atomic E-state index is 13.8. The molecular weight excluding hydrogens is 432 g/mol. The van der Waals surface area contributed by atoms with Gasteiger partial charge in [0.05, 0.1) is 24.3 Å². The van der Waals surface area contributed by atoms with Crippen LogP contribution in [-0.2, 0) is 21.2 Å². The summed E-state index contributed by atoms with van der Waals surface area (Å²) in [5, 5.41) is 0. The molecule has 0 bridgehead atoms. The van der Waals surface area contributed by atoms with Gasteiger partial charge in [0.15, 0.2) is 0 Å². The summed E-state index contributed by atoms with van der Waals surface area (Å²) < 4.78 is 64.0. The number of carbonyl (C=O) groups excluding carboxylic acids is 2. The van der Waals surface area contributed by atoms with E-state index >= 15 is 0 Å². The van der Waals surface area contributed by atoms with Crippen LogP contribution in [0.25, 0.3) is 0 Å². The first kappa shape index (κ1) is 24.1. The van der Waals surface area contributed by atoms with Crippen LogP contribution < -0.4 is 0 Å². The van der Waals surface area contributed by atoms with E-state index in [1.165, 1.54) is 18.1 Å². The SMILES string of the molecule is COC(=O)N(C[C@@H]1CCCN1C(=O)OC(C)(C)C)C1(c2ccc(F)c(C(F)(F)F)c2)CC1. The molecule has 0 spiro atoms. The maximum atomic E-state index is 13.8. The van der Waals surface area contributed by atoms with Crippen molar-refractivity contribution in [3.63, 3.8) is 0 Å². The molecule has 1 atom stereocenters. The third kappa shape index (κ3) is 4.94. The van der Waals surface area contributed by atoms with Gasteiger partial charge >= 0.3 is 18.4 Å². The van der Waals surface area contributed by atoms with Crippen LogP contribution in [0.4, 0.5) is 27.2 Å². The predicted octanol–water partition coefficient (Wildman–Crippen LogP) is 5.30. The van der Waals surface area contributed by atoms with E-state index in [0.29, 0.717) is 32.2 Å². The fourth-order valence-corrected chi connectivity index (χ4v) is 4.20. The van der Waals surface area contributed by atoms with Gasteiger partial charge in [0.25, 0.3) is 0 Å². The van der Waals surface area contributed by atoms with E-state index in [1.807, 2.05) is 0 Å². The number of ether oxygens (including phenoxy) is 2. The quantitative estimate of drug-likeness (QED) is 0.572. The van der Waals surface area contributed by atoms with Crippen molar-refractivity contribution in [2.24, 2.45) is 0 Å². The monoisotopic (exact) mass is 460 g/mol. The molecule has 1 aromatic rings. The molecular formula is C22H28F4N2O4. The first-order valence-electron chi connectivity index (χ1n) is 10.5. The van der Waals surface area contributed by atoms with Gasteiger partial charge in [-0.25, -0.2) is 14.0 Å². The van der Waals surface area contributed by atoms with E-state index in [2.05, 4.69) is 0 Å². The Morgan fingerprint density at radius 2 is 1.88 bits per heavy atom. The number of amides is 2. The molecule has 0 radical (unpaired) electrons. The normalized spacial score (nSPS) is 20.1. The molecule has 0 aromatic heterocycles. The molecule has 10 heteroatoms. The number of nitrogens with zero attached hydrogens (tertiary/aromatic N) is 2. The number of carbonyl (C=O) groups is 2. The van der Waals surface area contributed by atoms with Gasteiger partial charge in [-0.05, 0) is 64.2 Å². The lowest BCUT2D eigenvalue weighted by molar-refractivity contribution is -0.140. The van der Waals surface area contributed by atoms with Gasteiger partial charge in [-0.15, -0.1) is 0 Å². The molecule has 0 N–H and O–H groups in total. The molecule has 32 heavy (non-hydrogen) atoms. The minimum absolute atomic E-state index is 0.0741. The van der Waals surface area contributed by atoms with Crippen LogP contribution in [0.3, 0.4) is 0 Å². The van der Waals surface area contributed by atoms with Crippen LogP contribution in [0, 0.1) is 5.82 Å². The maximum Gasteiger partial charge on any atom is 0.419 e. The number of rotatable bonds is 4. The molecule has 3 rings (SSSR count). The topological polar surface area (TPSA) is 59.1 Å². The van der Waals surface area contributed by atoms with Crippen LogP contribution in [0.5, 0.6) is 0 Å². The lowest BCUT2D eigenvalue weighted by atomic mass is 9.99. The summed E-state index contributed by atoms with van der Waals surface area (Å²) in [6.45, 7) is 5.79. The number of methoxy groups -OCH3 is 1. The van der Waals surface area contributed by atoms with E-state index < -0.39 is 40.9 Å². The summed E-state index contributed by atoms with van der Waals surface area (Å²) in [7, 11) is 1.19. The molecule has 1 aromatic carbocycles. The lowest BCUT2D eigenvalue weighted by Crippen LogP contribution is -2.50. The van der Waals surface area contributed by atoms with Gasteiger partial charge in [-0.2, -0.15) is 13.2 Å². The first-order chi connectivity index (χ1) is 14.8. The summed E-state index contributed by atoms with van der Waals surface area (Å²) in [6, 6.07) is 2.44. The predicted molar refractivity (Wildman–Crippen MR) is 107 cm³/mol. The average molecular weight is 460 g/mol. The molecule has 2 aliphatic rings. The zero-order valence-corrected chi connectivity index (χ0v) is 18.6. The Morgan fingerprint density at radius 1 is 1.22 bits per heavy atom. The average Bonchev–Trinajstić information content (AvgIpc) is 3.34. The third-order valence-corrected chi connectivity index (χ3v) is 5.84. The van der Waals surface area contributed by atoms with Crippen molar-refractivity contribution >= 4 is 12.2 Å². The summed E-state index contributed by atoms with van der Waals surface area (Å²) in [5.74, 6) is -1.37. The van der Waals surface area contributed by atoms with E-state index in [4.69, 9.17) is 9.47 Å². The summed E-state index contributed by atoms with van der Waals surface area (Å²) in [6.07, 6.45) is -3.94. The summed E-state index contributed by atoms with van der Waals surface area (Å²) in [5.41, 5.74) is -2.91. The highest BCUT2D eigenvalue weighted by Crippen LogP contribution is 2.52.